The van der Waals surface area contributed by atoms with Crippen LogP contribution in [0.2, 0.25) is 0 Å². The Morgan fingerprint density at radius 3 is 2.44 bits per heavy atom. The van der Waals surface area contributed by atoms with Crippen molar-refractivity contribution in [2.24, 2.45) is 5.92 Å². The number of amides is 1. The monoisotopic (exact) mass is 226 g/mol. The van der Waals surface area contributed by atoms with Gasteiger partial charge >= 0.3 is 0 Å². The lowest BCUT2D eigenvalue weighted by atomic mass is 10.1. The summed E-state index contributed by atoms with van der Waals surface area (Å²) < 4.78 is 0. The zero-order valence-electron chi connectivity index (χ0n) is 10.7. The van der Waals surface area contributed by atoms with Gasteiger partial charge in [0, 0.05) is 6.04 Å². The molecular formula is C13H26N2O. The van der Waals surface area contributed by atoms with Crippen LogP contribution in [-0.4, -0.2) is 25.0 Å². The lowest BCUT2D eigenvalue weighted by molar-refractivity contribution is -0.121. The van der Waals surface area contributed by atoms with Gasteiger partial charge < -0.3 is 10.6 Å². The van der Waals surface area contributed by atoms with Gasteiger partial charge in [0.25, 0.3) is 0 Å². The van der Waals surface area contributed by atoms with E-state index in [1.165, 1.54) is 25.7 Å². The third-order valence-electron chi connectivity index (χ3n) is 3.54. The van der Waals surface area contributed by atoms with E-state index >= 15 is 0 Å². The van der Waals surface area contributed by atoms with Crippen LogP contribution in [0.5, 0.6) is 0 Å². The molecule has 1 amide bonds. The molecule has 1 rings (SSSR count). The third kappa shape index (κ3) is 4.97. The Labute approximate surface area is 99.4 Å². The first-order chi connectivity index (χ1) is 7.76. The molecule has 16 heavy (non-hydrogen) atoms. The Morgan fingerprint density at radius 1 is 1.25 bits per heavy atom. The average Bonchev–Trinajstić information content (AvgIpc) is 2.79. The van der Waals surface area contributed by atoms with Gasteiger partial charge in [-0.25, -0.2) is 0 Å². The molecule has 1 saturated carbocycles. The van der Waals surface area contributed by atoms with E-state index in [0.717, 1.165) is 25.3 Å². The van der Waals surface area contributed by atoms with Crippen LogP contribution < -0.4 is 10.6 Å². The number of hydrogen-bond donors (Lipinski definition) is 2. The van der Waals surface area contributed by atoms with Crippen molar-refractivity contribution in [3.05, 3.63) is 0 Å². The molecule has 0 aromatic carbocycles. The van der Waals surface area contributed by atoms with Crippen molar-refractivity contribution in [2.45, 2.75) is 58.4 Å². The predicted octanol–water partition coefficient (Wildman–Crippen LogP) is 2.07. The summed E-state index contributed by atoms with van der Waals surface area (Å²) in [6.45, 7) is 5.71. The van der Waals surface area contributed by atoms with Gasteiger partial charge in [0.05, 0.1) is 6.54 Å². The highest BCUT2D eigenvalue weighted by Crippen LogP contribution is 2.23. The quantitative estimate of drug-likeness (QED) is 0.698. The van der Waals surface area contributed by atoms with Crippen LogP contribution in [0.3, 0.4) is 0 Å². The Balaban J connectivity index is 2.05. The molecule has 0 saturated heterocycles. The van der Waals surface area contributed by atoms with Crippen molar-refractivity contribution in [1.29, 1.82) is 0 Å². The number of hydrogen-bond acceptors (Lipinski definition) is 2. The molecule has 3 heteroatoms. The summed E-state index contributed by atoms with van der Waals surface area (Å²) in [6.07, 6.45) is 7.44. The molecule has 1 fully saturated rings. The molecule has 0 aromatic rings. The van der Waals surface area contributed by atoms with Gasteiger partial charge in [-0.15, -0.1) is 0 Å². The van der Waals surface area contributed by atoms with Crippen LogP contribution in [-0.2, 0) is 4.79 Å². The van der Waals surface area contributed by atoms with E-state index in [0.29, 0.717) is 12.6 Å². The fourth-order valence-corrected chi connectivity index (χ4v) is 2.38. The van der Waals surface area contributed by atoms with Gasteiger partial charge in [0.2, 0.25) is 5.91 Å². The van der Waals surface area contributed by atoms with Gasteiger partial charge in [-0.2, -0.15) is 0 Å². The van der Waals surface area contributed by atoms with Gasteiger partial charge in [-0.3, -0.25) is 4.79 Å². The normalized spacial score (nSPS) is 16.9. The van der Waals surface area contributed by atoms with Crippen molar-refractivity contribution in [3.63, 3.8) is 0 Å². The zero-order valence-corrected chi connectivity index (χ0v) is 10.7. The van der Waals surface area contributed by atoms with Crippen molar-refractivity contribution in [2.75, 3.05) is 13.1 Å². The third-order valence-corrected chi connectivity index (χ3v) is 3.54. The van der Waals surface area contributed by atoms with E-state index in [9.17, 15) is 4.79 Å². The standard InChI is InChI=1S/C13H26N2O/c1-3-12(4-2)15-13(16)10-14-9-11-7-5-6-8-11/h11-12,14H,3-10H2,1-2H3,(H,15,16). The van der Waals surface area contributed by atoms with E-state index in [1.54, 1.807) is 0 Å². The SMILES string of the molecule is CCC(CC)NC(=O)CNCC1CCCC1. The van der Waals surface area contributed by atoms with Crippen LogP contribution in [0, 0.1) is 5.92 Å². The Kier molecular flexibility index (Phi) is 6.46. The number of nitrogens with one attached hydrogen (secondary N) is 2. The smallest absolute Gasteiger partial charge is 0.234 e. The maximum Gasteiger partial charge on any atom is 0.234 e. The fourth-order valence-electron chi connectivity index (χ4n) is 2.38. The predicted molar refractivity (Wildman–Crippen MR) is 67.3 cm³/mol. The Hall–Kier alpha value is -0.570. The molecule has 1 aliphatic carbocycles. The van der Waals surface area contributed by atoms with Crippen molar-refractivity contribution >= 4 is 5.91 Å². The molecule has 2 N–H and O–H groups in total. The molecule has 0 unspecified atom stereocenters. The molecule has 0 spiro atoms. The summed E-state index contributed by atoms with van der Waals surface area (Å²) in [5, 5.41) is 6.31. The van der Waals surface area contributed by atoms with Crippen LogP contribution in [0.4, 0.5) is 0 Å². The van der Waals surface area contributed by atoms with E-state index in [-0.39, 0.29) is 5.91 Å². The van der Waals surface area contributed by atoms with Crippen LogP contribution in [0.15, 0.2) is 0 Å². The van der Waals surface area contributed by atoms with E-state index in [4.69, 9.17) is 0 Å². The van der Waals surface area contributed by atoms with Crippen LogP contribution in [0.1, 0.15) is 52.4 Å². The highest BCUT2D eigenvalue weighted by molar-refractivity contribution is 5.78. The van der Waals surface area contributed by atoms with Crippen molar-refractivity contribution in [1.82, 2.24) is 10.6 Å². The lowest BCUT2D eigenvalue weighted by Crippen LogP contribution is -2.40. The van der Waals surface area contributed by atoms with Gasteiger partial charge in [-0.05, 0) is 38.1 Å². The molecule has 0 heterocycles. The van der Waals surface area contributed by atoms with E-state index < -0.39 is 0 Å². The second kappa shape index (κ2) is 7.66. The van der Waals surface area contributed by atoms with E-state index in [1.807, 2.05) is 0 Å². The van der Waals surface area contributed by atoms with Gasteiger partial charge in [0.15, 0.2) is 0 Å². The Morgan fingerprint density at radius 2 is 1.88 bits per heavy atom. The fraction of sp³-hybridized carbons (Fsp3) is 0.923. The molecule has 1 aliphatic rings. The number of rotatable bonds is 7. The van der Waals surface area contributed by atoms with Crippen molar-refractivity contribution in [3.8, 4) is 0 Å². The zero-order chi connectivity index (χ0) is 11.8. The van der Waals surface area contributed by atoms with Crippen LogP contribution in [0.25, 0.3) is 0 Å². The summed E-state index contributed by atoms with van der Waals surface area (Å²) in [6, 6.07) is 0.348. The first-order valence-electron chi connectivity index (χ1n) is 6.76. The molecule has 0 atom stereocenters. The number of carbonyl (C=O) groups excluding carboxylic acids is 1. The minimum Gasteiger partial charge on any atom is -0.352 e. The van der Waals surface area contributed by atoms with Crippen molar-refractivity contribution < 1.29 is 4.79 Å². The summed E-state index contributed by atoms with van der Waals surface area (Å²) in [5.41, 5.74) is 0. The molecular weight excluding hydrogens is 200 g/mol. The molecule has 0 radical (unpaired) electrons. The molecule has 94 valence electrons. The topological polar surface area (TPSA) is 41.1 Å². The maximum atomic E-state index is 11.6. The largest absolute Gasteiger partial charge is 0.352 e. The number of carbonyl (C=O) groups is 1. The highest BCUT2D eigenvalue weighted by atomic mass is 16.1. The molecule has 0 aromatic heterocycles. The summed E-state index contributed by atoms with van der Waals surface area (Å²) >= 11 is 0. The summed E-state index contributed by atoms with van der Waals surface area (Å²) in [4.78, 5) is 11.6. The van der Waals surface area contributed by atoms with Crippen LogP contribution >= 0.6 is 0 Å². The van der Waals surface area contributed by atoms with Gasteiger partial charge in [0.1, 0.15) is 0 Å². The highest BCUT2D eigenvalue weighted by Gasteiger charge is 2.15. The molecule has 3 nitrogen and oxygen atoms in total. The molecule has 0 aliphatic heterocycles. The minimum absolute atomic E-state index is 0.145. The lowest BCUT2D eigenvalue weighted by Gasteiger charge is -2.15. The average molecular weight is 226 g/mol. The second-order valence-corrected chi connectivity index (χ2v) is 4.86. The van der Waals surface area contributed by atoms with E-state index in [2.05, 4.69) is 24.5 Å². The Bertz CT molecular complexity index is 196. The first kappa shape index (κ1) is 13.5. The summed E-state index contributed by atoms with van der Waals surface area (Å²) in [7, 11) is 0. The second-order valence-electron chi connectivity index (χ2n) is 4.86. The maximum absolute atomic E-state index is 11.6. The van der Waals surface area contributed by atoms with Gasteiger partial charge in [-0.1, -0.05) is 26.7 Å². The first-order valence-corrected chi connectivity index (χ1v) is 6.76. The minimum atomic E-state index is 0.145. The molecule has 0 bridgehead atoms. The summed E-state index contributed by atoms with van der Waals surface area (Å²) in [5.74, 6) is 0.952.